The Morgan fingerprint density at radius 3 is 2.95 bits per heavy atom. The number of thiophene rings is 1. The van der Waals surface area contributed by atoms with Crippen LogP contribution in [0.2, 0.25) is 0 Å². The van der Waals surface area contributed by atoms with Crippen LogP contribution in [0.15, 0.2) is 22.0 Å². The van der Waals surface area contributed by atoms with Crippen LogP contribution in [-0.4, -0.2) is 52.6 Å². The maximum absolute atomic E-state index is 10.5. The lowest BCUT2D eigenvalue weighted by molar-refractivity contribution is -0.0784. The molecule has 2 aromatic heterocycles. The fraction of sp³-hybridized carbons (Fsp3) is 0.571. The largest absolute Gasteiger partial charge is 0.388 e. The second-order valence-electron chi connectivity index (χ2n) is 5.50. The zero-order chi connectivity index (χ0) is 14.7. The van der Waals surface area contributed by atoms with Crippen LogP contribution < -0.4 is 0 Å². The van der Waals surface area contributed by atoms with Gasteiger partial charge in [0, 0.05) is 32.6 Å². The second kappa shape index (κ2) is 6.23. The third kappa shape index (κ3) is 3.68. The van der Waals surface area contributed by atoms with Crippen molar-refractivity contribution in [3.05, 3.63) is 23.4 Å². The van der Waals surface area contributed by atoms with Crippen molar-refractivity contribution in [2.75, 3.05) is 26.8 Å². The van der Waals surface area contributed by atoms with Crippen LogP contribution in [0.3, 0.4) is 0 Å². The summed E-state index contributed by atoms with van der Waals surface area (Å²) in [5, 5.41) is 16.5. The Bertz CT molecular complexity index is 564. The van der Waals surface area contributed by atoms with E-state index in [1.807, 2.05) is 29.5 Å². The Labute approximate surface area is 127 Å². The first-order valence-electron chi connectivity index (χ1n) is 7.00. The van der Waals surface area contributed by atoms with Crippen molar-refractivity contribution in [2.24, 2.45) is 0 Å². The standard InChI is InChI=1S/C14H19N3O3S/c1-17(10-14(18)4-6-19-7-5-14)9-12-15-13(16-20-12)11-3-2-8-21-11/h2-3,8,18H,4-7,9-10H2,1H3. The molecule has 0 atom stereocenters. The smallest absolute Gasteiger partial charge is 0.241 e. The van der Waals surface area contributed by atoms with Crippen LogP contribution >= 0.6 is 11.3 Å². The zero-order valence-electron chi connectivity index (χ0n) is 12.0. The highest BCUT2D eigenvalue weighted by atomic mass is 32.1. The predicted molar refractivity (Wildman–Crippen MR) is 78.9 cm³/mol. The van der Waals surface area contributed by atoms with E-state index in [0.717, 1.165) is 4.88 Å². The Morgan fingerprint density at radius 1 is 1.43 bits per heavy atom. The summed E-state index contributed by atoms with van der Waals surface area (Å²) in [6.45, 7) is 2.34. The van der Waals surface area contributed by atoms with Gasteiger partial charge in [0.05, 0.1) is 17.0 Å². The number of hydrogen-bond acceptors (Lipinski definition) is 7. The van der Waals surface area contributed by atoms with E-state index in [1.165, 1.54) is 0 Å². The molecule has 21 heavy (non-hydrogen) atoms. The first kappa shape index (κ1) is 14.6. The van der Waals surface area contributed by atoms with E-state index >= 15 is 0 Å². The van der Waals surface area contributed by atoms with Crippen molar-refractivity contribution >= 4 is 11.3 Å². The molecule has 1 aliphatic heterocycles. The van der Waals surface area contributed by atoms with Gasteiger partial charge in [-0.05, 0) is 18.5 Å². The molecule has 2 aromatic rings. The highest BCUT2D eigenvalue weighted by Gasteiger charge is 2.31. The van der Waals surface area contributed by atoms with Gasteiger partial charge in [0.15, 0.2) is 0 Å². The fourth-order valence-electron chi connectivity index (χ4n) is 2.52. The molecule has 0 radical (unpaired) electrons. The SMILES string of the molecule is CN(Cc1nc(-c2cccs2)no1)CC1(O)CCOCC1. The zero-order valence-corrected chi connectivity index (χ0v) is 12.8. The highest BCUT2D eigenvalue weighted by molar-refractivity contribution is 7.13. The normalized spacial score (nSPS) is 18.2. The molecular weight excluding hydrogens is 290 g/mol. The lowest BCUT2D eigenvalue weighted by Gasteiger charge is -2.35. The molecule has 1 N–H and O–H groups in total. The van der Waals surface area contributed by atoms with Crippen LogP contribution in [0.25, 0.3) is 10.7 Å². The summed E-state index contributed by atoms with van der Waals surface area (Å²) < 4.78 is 10.6. The molecule has 6 nitrogen and oxygen atoms in total. The molecule has 1 aliphatic rings. The number of rotatable bonds is 5. The average molecular weight is 309 g/mol. The molecule has 3 rings (SSSR count). The molecule has 0 aliphatic carbocycles. The Hall–Kier alpha value is -1.28. The van der Waals surface area contributed by atoms with Gasteiger partial charge in [0.25, 0.3) is 0 Å². The second-order valence-corrected chi connectivity index (χ2v) is 6.45. The topological polar surface area (TPSA) is 71.6 Å². The van der Waals surface area contributed by atoms with E-state index in [1.54, 1.807) is 11.3 Å². The molecular formula is C14H19N3O3S. The van der Waals surface area contributed by atoms with Gasteiger partial charge < -0.3 is 14.4 Å². The van der Waals surface area contributed by atoms with Gasteiger partial charge in [-0.1, -0.05) is 11.2 Å². The van der Waals surface area contributed by atoms with Crippen LogP contribution in [0.4, 0.5) is 0 Å². The molecule has 0 unspecified atom stereocenters. The summed E-state index contributed by atoms with van der Waals surface area (Å²) >= 11 is 1.58. The fourth-order valence-corrected chi connectivity index (χ4v) is 3.17. The van der Waals surface area contributed by atoms with Gasteiger partial charge in [-0.25, -0.2) is 0 Å². The maximum Gasteiger partial charge on any atom is 0.241 e. The number of nitrogens with zero attached hydrogens (tertiary/aromatic N) is 3. The molecule has 1 saturated heterocycles. The van der Waals surface area contributed by atoms with E-state index in [0.29, 0.717) is 50.9 Å². The van der Waals surface area contributed by atoms with E-state index < -0.39 is 5.60 Å². The lowest BCUT2D eigenvalue weighted by atomic mass is 9.94. The molecule has 7 heteroatoms. The Morgan fingerprint density at radius 2 is 2.24 bits per heavy atom. The first-order chi connectivity index (χ1) is 10.1. The molecule has 0 spiro atoms. The summed E-state index contributed by atoms with van der Waals surface area (Å²) in [4.78, 5) is 7.40. The molecule has 0 saturated carbocycles. The monoisotopic (exact) mass is 309 g/mol. The summed E-state index contributed by atoms with van der Waals surface area (Å²) in [7, 11) is 1.95. The molecule has 114 valence electrons. The number of aromatic nitrogens is 2. The number of hydrogen-bond donors (Lipinski definition) is 1. The minimum atomic E-state index is -0.677. The molecule has 0 bridgehead atoms. The van der Waals surface area contributed by atoms with Gasteiger partial charge in [0.2, 0.25) is 11.7 Å². The molecule has 3 heterocycles. The van der Waals surface area contributed by atoms with Crippen LogP contribution in [0, 0.1) is 0 Å². The van der Waals surface area contributed by atoms with Crippen molar-refractivity contribution < 1.29 is 14.4 Å². The van der Waals surface area contributed by atoms with Crippen molar-refractivity contribution in [1.29, 1.82) is 0 Å². The van der Waals surface area contributed by atoms with Gasteiger partial charge in [-0.15, -0.1) is 11.3 Å². The van der Waals surface area contributed by atoms with Gasteiger partial charge >= 0.3 is 0 Å². The third-order valence-electron chi connectivity index (χ3n) is 3.60. The average Bonchev–Trinajstić information content (AvgIpc) is 3.08. The predicted octanol–water partition coefficient (Wildman–Crippen LogP) is 1.77. The third-order valence-corrected chi connectivity index (χ3v) is 4.47. The first-order valence-corrected chi connectivity index (χ1v) is 7.88. The minimum Gasteiger partial charge on any atom is -0.388 e. The molecule has 1 fully saturated rings. The van der Waals surface area contributed by atoms with Gasteiger partial charge in [0.1, 0.15) is 0 Å². The Kier molecular flexibility index (Phi) is 4.34. The highest BCUT2D eigenvalue weighted by Crippen LogP contribution is 2.23. The van der Waals surface area contributed by atoms with E-state index in [9.17, 15) is 5.11 Å². The number of aliphatic hydroxyl groups is 1. The lowest BCUT2D eigenvalue weighted by Crippen LogP contribution is -2.45. The van der Waals surface area contributed by atoms with Crippen molar-refractivity contribution in [2.45, 2.75) is 25.0 Å². The van der Waals surface area contributed by atoms with E-state index in [-0.39, 0.29) is 0 Å². The van der Waals surface area contributed by atoms with E-state index in [4.69, 9.17) is 9.26 Å². The molecule has 0 amide bonds. The van der Waals surface area contributed by atoms with E-state index in [2.05, 4.69) is 10.1 Å². The van der Waals surface area contributed by atoms with Crippen LogP contribution in [0.5, 0.6) is 0 Å². The minimum absolute atomic E-state index is 0.529. The quantitative estimate of drug-likeness (QED) is 0.907. The van der Waals surface area contributed by atoms with Crippen LogP contribution in [0.1, 0.15) is 18.7 Å². The van der Waals surface area contributed by atoms with Crippen molar-refractivity contribution in [1.82, 2.24) is 15.0 Å². The number of ether oxygens (including phenoxy) is 1. The maximum atomic E-state index is 10.5. The summed E-state index contributed by atoms with van der Waals surface area (Å²) in [6, 6.07) is 3.93. The Balaban J connectivity index is 1.58. The number of likely N-dealkylation sites (N-methyl/N-ethyl adjacent to an activating group) is 1. The van der Waals surface area contributed by atoms with Crippen LogP contribution in [-0.2, 0) is 11.3 Å². The summed E-state index contributed by atoms with van der Waals surface area (Å²) in [6.07, 6.45) is 1.34. The van der Waals surface area contributed by atoms with Gasteiger partial charge in [-0.2, -0.15) is 4.98 Å². The van der Waals surface area contributed by atoms with Gasteiger partial charge in [-0.3, -0.25) is 4.90 Å². The van der Waals surface area contributed by atoms with Crippen molar-refractivity contribution in [3.63, 3.8) is 0 Å². The summed E-state index contributed by atoms with van der Waals surface area (Å²) in [5.74, 6) is 1.19. The summed E-state index contributed by atoms with van der Waals surface area (Å²) in [5.41, 5.74) is -0.677. The van der Waals surface area contributed by atoms with Crippen molar-refractivity contribution in [3.8, 4) is 10.7 Å². The molecule has 0 aromatic carbocycles.